The van der Waals surface area contributed by atoms with E-state index in [0.29, 0.717) is 30.7 Å². The summed E-state index contributed by atoms with van der Waals surface area (Å²) in [6.07, 6.45) is 3.95. The number of carboxylic acid groups (broad SMARTS) is 1. The summed E-state index contributed by atoms with van der Waals surface area (Å²) in [6, 6.07) is 4.47. The molecule has 1 aromatic heterocycles. The van der Waals surface area contributed by atoms with E-state index >= 15 is 0 Å². The number of benzene rings is 1. The maximum absolute atomic E-state index is 12.6. The van der Waals surface area contributed by atoms with E-state index in [1.807, 2.05) is 6.07 Å². The van der Waals surface area contributed by atoms with Crippen LogP contribution in [0.15, 0.2) is 27.4 Å². The third-order valence-electron chi connectivity index (χ3n) is 5.68. The van der Waals surface area contributed by atoms with E-state index in [4.69, 9.17) is 9.15 Å². The molecule has 0 saturated carbocycles. The first-order chi connectivity index (χ1) is 13.5. The van der Waals surface area contributed by atoms with Crippen molar-refractivity contribution in [2.24, 2.45) is 0 Å². The van der Waals surface area contributed by atoms with Gasteiger partial charge in [0, 0.05) is 23.6 Å². The molecule has 7 heteroatoms. The van der Waals surface area contributed by atoms with Gasteiger partial charge in [-0.15, -0.1) is 0 Å². The fourth-order valence-electron chi connectivity index (χ4n) is 4.27. The van der Waals surface area contributed by atoms with E-state index in [2.05, 4.69) is 0 Å². The summed E-state index contributed by atoms with van der Waals surface area (Å²) in [4.78, 5) is 37.6. The molecule has 1 fully saturated rings. The highest BCUT2D eigenvalue weighted by atomic mass is 16.5. The number of rotatable bonds is 4. The second-order valence-electron chi connectivity index (χ2n) is 7.50. The summed E-state index contributed by atoms with van der Waals surface area (Å²) in [7, 11) is 0. The summed E-state index contributed by atoms with van der Waals surface area (Å²) in [6.45, 7) is 2.02. The van der Waals surface area contributed by atoms with Crippen LogP contribution in [-0.4, -0.2) is 40.6 Å². The first-order valence-electron chi connectivity index (χ1n) is 9.74. The molecule has 2 aromatic rings. The predicted octanol–water partition coefficient (Wildman–Crippen LogP) is 2.51. The van der Waals surface area contributed by atoms with Crippen molar-refractivity contribution in [2.45, 2.75) is 57.6 Å². The van der Waals surface area contributed by atoms with Crippen LogP contribution in [-0.2, 0) is 22.4 Å². The van der Waals surface area contributed by atoms with Crippen LogP contribution in [0.2, 0.25) is 0 Å². The highest BCUT2D eigenvalue weighted by molar-refractivity contribution is 5.87. The van der Waals surface area contributed by atoms with E-state index in [0.717, 1.165) is 42.2 Å². The molecule has 2 heterocycles. The van der Waals surface area contributed by atoms with E-state index in [9.17, 15) is 19.5 Å². The van der Waals surface area contributed by atoms with Crippen molar-refractivity contribution in [1.29, 1.82) is 0 Å². The lowest BCUT2D eigenvalue weighted by Gasteiger charge is -2.25. The molecule has 2 unspecified atom stereocenters. The van der Waals surface area contributed by atoms with Crippen LogP contribution in [0, 0.1) is 0 Å². The van der Waals surface area contributed by atoms with Gasteiger partial charge in [-0.05, 0) is 63.1 Å². The fraction of sp³-hybridized carbons (Fsp3) is 0.476. The first kappa shape index (κ1) is 18.5. The summed E-state index contributed by atoms with van der Waals surface area (Å²) >= 11 is 0. The maximum Gasteiger partial charge on any atom is 0.339 e. The van der Waals surface area contributed by atoms with Crippen molar-refractivity contribution >= 4 is 22.8 Å². The van der Waals surface area contributed by atoms with E-state index in [1.54, 1.807) is 19.1 Å². The minimum absolute atomic E-state index is 0.301. The van der Waals surface area contributed by atoms with Crippen molar-refractivity contribution < 1.29 is 23.8 Å². The van der Waals surface area contributed by atoms with Gasteiger partial charge in [0.05, 0.1) is 0 Å². The fourth-order valence-corrected chi connectivity index (χ4v) is 4.27. The molecule has 4 rings (SSSR count). The zero-order valence-corrected chi connectivity index (χ0v) is 15.8. The van der Waals surface area contributed by atoms with E-state index < -0.39 is 18.1 Å². The van der Waals surface area contributed by atoms with E-state index in [-0.39, 0.29) is 11.5 Å². The van der Waals surface area contributed by atoms with Crippen LogP contribution in [0.3, 0.4) is 0 Å². The molecule has 2 aliphatic rings. The summed E-state index contributed by atoms with van der Waals surface area (Å²) in [5, 5.41) is 10.2. The number of ether oxygens (including phenoxy) is 1. The van der Waals surface area contributed by atoms with Crippen LogP contribution in [0.4, 0.5) is 0 Å². The van der Waals surface area contributed by atoms with Crippen LogP contribution >= 0.6 is 0 Å². The number of fused-ring (bicyclic) bond motifs is 3. The molecule has 28 heavy (non-hydrogen) atoms. The molecule has 1 amide bonds. The minimum Gasteiger partial charge on any atom is -0.481 e. The Morgan fingerprint density at radius 3 is 2.71 bits per heavy atom. The van der Waals surface area contributed by atoms with Crippen molar-refractivity contribution in [3.05, 3.63) is 39.7 Å². The van der Waals surface area contributed by atoms with Crippen LogP contribution < -0.4 is 10.4 Å². The van der Waals surface area contributed by atoms with Gasteiger partial charge < -0.3 is 19.2 Å². The third kappa shape index (κ3) is 3.25. The van der Waals surface area contributed by atoms with Gasteiger partial charge in [0.2, 0.25) is 0 Å². The second-order valence-corrected chi connectivity index (χ2v) is 7.50. The molecule has 0 bridgehead atoms. The number of carbonyl (C=O) groups excluding carboxylic acids is 1. The van der Waals surface area contributed by atoms with Crippen LogP contribution in [0.5, 0.6) is 5.75 Å². The zero-order valence-electron chi connectivity index (χ0n) is 15.8. The van der Waals surface area contributed by atoms with Crippen molar-refractivity contribution in [3.8, 4) is 5.75 Å². The smallest absolute Gasteiger partial charge is 0.339 e. The van der Waals surface area contributed by atoms with Gasteiger partial charge in [-0.25, -0.2) is 9.59 Å². The molecule has 0 spiro atoms. The van der Waals surface area contributed by atoms with Crippen molar-refractivity contribution in [3.63, 3.8) is 0 Å². The monoisotopic (exact) mass is 385 g/mol. The topological polar surface area (TPSA) is 97.0 Å². The average molecular weight is 385 g/mol. The van der Waals surface area contributed by atoms with Crippen LogP contribution in [0.25, 0.3) is 11.0 Å². The van der Waals surface area contributed by atoms with Gasteiger partial charge in [0.15, 0.2) is 6.10 Å². The number of aliphatic carboxylic acids is 1. The number of carboxylic acids is 1. The number of likely N-dealkylation sites (tertiary alicyclic amines) is 1. The van der Waals surface area contributed by atoms with Gasteiger partial charge in [0.1, 0.15) is 17.4 Å². The molecular weight excluding hydrogens is 362 g/mol. The van der Waals surface area contributed by atoms with Crippen molar-refractivity contribution in [1.82, 2.24) is 4.90 Å². The maximum atomic E-state index is 12.6. The number of nitrogens with zero attached hydrogens (tertiary/aromatic N) is 1. The van der Waals surface area contributed by atoms with Crippen molar-refractivity contribution in [2.75, 3.05) is 6.54 Å². The number of amides is 1. The lowest BCUT2D eigenvalue weighted by atomic mass is 9.91. The number of hydrogen-bond acceptors (Lipinski definition) is 5. The Hall–Kier alpha value is -2.83. The molecule has 0 radical (unpaired) electrons. The van der Waals surface area contributed by atoms with E-state index in [1.165, 1.54) is 4.90 Å². The Kier molecular flexibility index (Phi) is 4.83. The zero-order chi connectivity index (χ0) is 19.8. The summed E-state index contributed by atoms with van der Waals surface area (Å²) in [5.41, 5.74) is 1.97. The molecular formula is C21H23NO6. The molecule has 148 valence electrons. The second kappa shape index (κ2) is 7.30. The highest BCUT2D eigenvalue weighted by Gasteiger charge is 2.36. The summed E-state index contributed by atoms with van der Waals surface area (Å²) in [5.74, 6) is -0.925. The quantitative estimate of drug-likeness (QED) is 0.813. The Morgan fingerprint density at radius 1 is 1.21 bits per heavy atom. The van der Waals surface area contributed by atoms with Gasteiger partial charge in [-0.2, -0.15) is 0 Å². The lowest BCUT2D eigenvalue weighted by molar-refractivity contribution is -0.150. The predicted molar refractivity (Wildman–Crippen MR) is 102 cm³/mol. The molecule has 1 saturated heterocycles. The summed E-state index contributed by atoms with van der Waals surface area (Å²) < 4.78 is 11.2. The Labute approximate surface area is 161 Å². The SMILES string of the molecule is CC(Oc1ccc2c3c(c(=O)oc2c1)CCCC3)C(=O)N1CCCC1C(=O)O. The molecule has 1 aliphatic carbocycles. The first-order valence-corrected chi connectivity index (χ1v) is 9.74. The molecule has 7 nitrogen and oxygen atoms in total. The Morgan fingerprint density at radius 2 is 1.96 bits per heavy atom. The standard InChI is InChI=1S/C21H23NO6/c1-12(19(23)22-10-4-7-17(22)20(24)25)27-13-8-9-15-14-5-2-3-6-16(14)21(26)28-18(15)11-13/h8-9,11-12,17H,2-7,10H2,1H3,(H,24,25). The molecule has 1 N–H and O–H groups in total. The highest BCUT2D eigenvalue weighted by Crippen LogP contribution is 2.29. The van der Waals surface area contributed by atoms with Crippen LogP contribution in [0.1, 0.15) is 43.7 Å². The molecule has 1 aliphatic heterocycles. The molecule has 1 aromatic carbocycles. The Balaban J connectivity index is 1.57. The Bertz CT molecular complexity index is 994. The van der Waals surface area contributed by atoms with Gasteiger partial charge in [-0.1, -0.05) is 0 Å². The van der Waals surface area contributed by atoms with Gasteiger partial charge in [0.25, 0.3) is 5.91 Å². The number of hydrogen-bond donors (Lipinski definition) is 1. The van der Waals surface area contributed by atoms with Gasteiger partial charge in [-0.3, -0.25) is 4.79 Å². The molecule has 2 atom stereocenters. The minimum atomic E-state index is -0.990. The van der Waals surface area contributed by atoms with Gasteiger partial charge >= 0.3 is 11.6 Å². The normalized spacial score (nSPS) is 20.0. The number of carbonyl (C=O) groups is 2. The lowest BCUT2D eigenvalue weighted by Crippen LogP contribution is -2.46. The third-order valence-corrected chi connectivity index (χ3v) is 5.68. The largest absolute Gasteiger partial charge is 0.481 e. The average Bonchev–Trinajstić information content (AvgIpc) is 3.17. The number of aryl methyl sites for hydroxylation is 1.